The van der Waals surface area contributed by atoms with Gasteiger partial charge < -0.3 is 10.2 Å². The molecule has 1 aliphatic rings. The predicted molar refractivity (Wildman–Crippen MR) is 107 cm³/mol. The van der Waals surface area contributed by atoms with E-state index in [1.54, 1.807) is 12.5 Å². The van der Waals surface area contributed by atoms with Gasteiger partial charge in [-0.25, -0.2) is 14.8 Å². The maximum absolute atomic E-state index is 12.7. The van der Waals surface area contributed by atoms with E-state index in [4.69, 9.17) is 0 Å². The van der Waals surface area contributed by atoms with Gasteiger partial charge in [0.05, 0.1) is 22.9 Å². The Balaban J connectivity index is 1.48. The van der Waals surface area contributed by atoms with Gasteiger partial charge in [-0.2, -0.15) is 0 Å². The van der Waals surface area contributed by atoms with Gasteiger partial charge in [-0.05, 0) is 56.4 Å². The number of rotatable bonds is 5. The summed E-state index contributed by atoms with van der Waals surface area (Å²) in [4.78, 5) is 23.5. The molecule has 1 N–H and O–H groups in total. The van der Waals surface area contributed by atoms with Crippen LogP contribution in [0.25, 0.3) is 16.9 Å². The Morgan fingerprint density at radius 1 is 1.26 bits per heavy atom. The molecule has 4 rings (SSSR count). The highest BCUT2D eigenvalue weighted by Gasteiger charge is 2.35. The van der Waals surface area contributed by atoms with Crippen LogP contribution in [-0.2, 0) is 0 Å². The van der Waals surface area contributed by atoms with Crippen molar-refractivity contribution in [3.8, 4) is 5.82 Å². The van der Waals surface area contributed by atoms with Crippen LogP contribution < -0.4 is 5.32 Å². The van der Waals surface area contributed by atoms with E-state index in [0.29, 0.717) is 11.6 Å². The zero-order valence-corrected chi connectivity index (χ0v) is 16.0. The maximum Gasteiger partial charge on any atom is 0.322 e. The molecule has 6 heteroatoms. The van der Waals surface area contributed by atoms with Gasteiger partial charge in [0, 0.05) is 12.6 Å². The number of urea groups is 1. The molecular formula is C21H25N5O. The van der Waals surface area contributed by atoms with Crippen LogP contribution in [0.2, 0.25) is 0 Å². The van der Waals surface area contributed by atoms with Crippen molar-refractivity contribution < 1.29 is 4.79 Å². The molecular weight excluding hydrogens is 338 g/mol. The number of carbonyl (C=O) groups excluding carboxylic acids is 1. The van der Waals surface area contributed by atoms with E-state index in [2.05, 4.69) is 36.1 Å². The number of hydrogen-bond acceptors (Lipinski definition) is 3. The topological polar surface area (TPSA) is 63.1 Å². The van der Waals surface area contributed by atoms with Crippen LogP contribution in [0.4, 0.5) is 10.5 Å². The van der Waals surface area contributed by atoms with Crippen molar-refractivity contribution in [2.45, 2.75) is 33.2 Å². The number of nitrogens with one attached hydrogen (secondary N) is 1. The number of hydrogen-bond donors (Lipinski definition) is 1. The van der Waals surface area contributed by atoms with E-state index in [1.165, 1.54) is 6.42 Å². The largest absolute Gasteiger partial charge is 0.322 e. The second kappa shape index (κ2) is 7.02. The first-order chi connectivity index (χ1) is 13.0. The number of nitrogens with zero attached hydrogens (tertiary/aromatic N) is 4. The van der Waals surface area contributed by atoms with Crippen LogP contribution in [0, 0.1) is 11.8 Å². The summed E-state index contributed by atoms with van der Waals surface area (Å²) in [6.45, 7) is 7.16. The van der Waals surface area contributed by atoms with Crippen molar-refractivity contribution >= 4 is 22.8 Å². The summed E-state index contributed by atoms with van der Waals surface area (Å²) in [6.07, 6.45) is 4.68. The predicted octanol–water partition coefficient (Wildman–Crippen LogP) is 4.32. The lowest BCUT2D eigenvalue weighted by molar-refractivity contribution is 0.193. The minimum atomic E-state index is -0.0632. The molecule has 3 aromatic rings. The third-order valence-corrected chi connectivity index (χ3v) is 5.29. The molecule has 0 unspecified atom stereocenters. The summed E-state index contributed by atoms with van der Waals surface area (Å²) >= 11 is 0. The Kier molecular flexibility index (Phi) is 4.56. The summed E-state index contributed by atoms with van der Waals surface area (Å²) in [5.41, 5.74) is 2.63. The van der Waals surface area contributed by atoms with Gasteiger partial charge in [0.2, 0.25) is 0 Å². The third-order valence-electron chi connectivity index (χ3n) is 5.29. The number of amides is 2. The molecule has 0 saturated heterocycles. The first-order valence-corrected chi connectivity index (χ1v) is 9.49. The van der Waals surface area contributed by atoms with Crippen LogP contribution in [0.1, 0.15) is 27.2 Å². The fourth-order valence-corrected chi connectivity index (χ4v) is 3.37. The molecule has 2 heterocycles. The monoisotopic (exact) mass is 363 g/mol. The van der Waals surface area contributed by atoms with Gasteiger partial charge in [0.1, 0.15) is 12.1 Å². The molecule has 6 nitrogen and oxygen atoms in total. The molecule has 2 aromatic heterocycles. The number of aromatic nitrogens is 3. The highest BCUT2D eigenvalue weighted by atomic mass is 16.2. The first-order valence-electron chi connectivity index (χ1n) is 9.49. The maximum atomic E-state index is 12.7. The third kappa shape index (κ3) is 3.65. The fraction of sp³-hybridized carbons (Fsp3) is 0.381. The van der Waals surface area contributed by atoms with Gasteiger partial charge >= 0.3 is 6.03 Å². The first kappa shape index (κ1) is 17.5. The molecule has 0 spiro atoms. The van der Waals surface area contributed by atoms with E-state index < -0.39 is 0 Å². The minimum absolute atomic E-state index is 0.0632. The van der Waals surface area contributed by atoms with Crippen molar-refractivity contribution in [3.63, 3.8) is 0 Å². The van der Waals surface area contributed by atoms with E-state index in [9.17, 15) is 4.79 Å². The smallest absolute Gasteiger partial charge is 0.322 e. The lowest BCUT2D eigenvalue weighted by Crippen LogP contribution is -2.41. The molecule has 2 atom stereocenters. The molecule has 0 bridgehead atoms. The Labute approximate surface area is 159 Å². The van der Waals surface area contributed by atoms with Crippen molar-refractivity contribution in [2.24, 2.45) is 11.8 Å². The van der Waals surface area contributed by atoms with Gasteiger partial charge in [-0.3, -0.25) is 4.57 Å². The summed E-state index contributed by atoms with van der Waals surface area (Å²) in [7, 11) is 0. The standard InChI is InChI=1S/C21H25N5O/c1-14(2)25(12-16-10-15(16)3)21(27)24-17-8-9-20(22-11-17)26-13-23-18-6-4-5-7-19(18)26/h4-9,11,13-16H,10,12H2,1-3H3,(H,24,27)/t15-,16-/m0/s1. The fourth-order valence-electron chi connectivity index (χ4n) is 3.37. The van der Waals surface area contributed by atoms with E-state index in [1.807, 2.05) is 45.9 Å². The number of fused-ring (bicyclic) bond motifs is 1. The number of imidazole rings is 1. The lowest BCUT2D eigenvalue weighted by Gasteiger charge is -2.27. The van der Waals surface area contributed by atoms with Crippen LogP contribution >= 0.6 is 0 Å². The second-order valence-electron chi connectivity index (χ2n) is 7.66. The van der Waals surface area contributed by atoms with Gasteiger partial charge in [-0.15, -0.1) is 0 Å². The van der Waals surface area contributed by atoms with Crippen LogP contribution in [0.5, 0.6) is 0 Å². The highest BCUT2D eigenvalue weighted by Crippen LogP contribution is 2.38. The molecule has 140 valence electrons. The number of benzene rings is 1. The van der Waals surface area contributed by atoms with E-state index in [-0.39, 0.29) is 12.1 Å². The average Bonchev–Trinajstić information content (AvgIpc) is 3.19. The zero-order valence-electron chi connectivity index (χ0n) is 16.0. The quantitative estimate of drug-likeness (QED) is 0.734. The van der Waals surface area contributed by atoms with Crippen molar-refractivity contribution in [3.05, 3.63) is 48.9 Å². The van der Waals surface area contributed by atoms with Crippen LogP contribution in [-0.4, -0.2) is 38.1 Å². The molecule has 0 radical (unpaired) electrons. The van der Waals surface area contributed by atoms with Crippen molar-refractivity contribution in [1.29, 1.82) is 0 Å². The normalized spacial score (nSPS) is 18.7. The molecule has 1 saturated carbocycles. The summed E-state index contributed by atoms with van der Waals surface area (Å²) < 4.78 is 1.94. The van der Waals surface area contributed by atoms with Crippen LogP contribution in [0.15, 0.2) is 48.9 Å². The molecule has 1 fully saturated rings. The number of carbonyl (C=O) groups is 1. The number of pyridine rings is 1. The highest BCUT2D eigenvalue weighted by molar-refractivity contribution is 5.89. The Hall–Kier alpha value is -2.89. The molecule has 1 aromatic carbocycles. The van der Waals surface area contributed by atoms with E-state index in [0.717, 1.165) is 29.3 Å². The molecule has 2 amide bonds. The summed E-state index contributed by atoms with van der Waals surface area (Å²) in [5, 5.41) is 2.98. The Bertz CT molecular complexity index is 947. The van der Waals surface area contributed by atoms with Crippen molar-refractivity contribution in [2.75, 3.05) is 11.9 Å². The molecule has 1 aliphatic carbocycles. The Morgan fingerprint density at radius 2 is 2.04 bits per heavy atom. The second-order valence-corrected chi connectivity index (χ2v) is 7.66. The Morgan fingerprint density at radius 3 is 2.70 bits per heavy atom. The summed E-state index contributed by atoms with van der Waals surface area (Å²) in [5.74, 6) is 2.13. The van der Waals surface area contributed by atoms with Crippen molar-refractivity contribution in [1.82, 2.24) is 19.4 Å². The van der Waals surface area contributed by atoms with E-state index >= 15 is 0 Å². The van der Waals surface area contributed by atoms with Crippen LogP contribution in [0.3, 0.4) is 0 Å². The molecule has 27 heavy (non-hydrogen) atoms. The average molecular weight is 363 g/mol. The minimum Gasteiger partial charge on any atom is -0.322 e. The SMILES string of the molecule is CC(C)N(C[C@@H]1C[C@@H]1C)C(=O)Nc1ccc(-n2cnc3ccccc32)nc1. The number of anilines is 1. The zero-order chi connectivity index (χ0) is 19.0. The summed E-state index contributed by atoms with van der Waals surface area (Å²) in [6, 6.07) is 11.8. The van der Waals surface area contributed by atoms with Gasteiger partial charge in [0.25, 0.3) is 0 Å². The lowest BCUT2D eigenvalue weighted by atomic mass is 10.2. The van der Waals surface area contributed by atoms with Gasteiger partial charge in [-0.1, -0.05) is 19.1 Å². The number of para-hydroxylation sites is 2. The van der Waals surface area contributed by atoms with Gasteiger partial charge in [0.15, 0.2) is 0 Å². The molecule has 0 aliphatic heterocycles.